The predicted octanol–water partition coefficient (Wildman–Crippen LogP) is 4.67. The first-order valence-corrected chi connectivity index (χ1v) is 8.88. The van der Waals surface area contributed by atoms with Crippen LogP contribution < -0.4 is 0 Å². The van der Waals surface area contributed by atoms with E-state index in [0.717, 1.165) is 32.1 Å². The molecular weight excluding hydrogens is 288 g/mol. The molecule has 1 saturated heterocycles. The maximum atomic E-state index is 12.4. The van der Waals surface area contributed by atoms with Crippen LogP contribution >= 0.6 is 0 Å². The molecule has 1 aromatic heterocycles. The van der Waals surface area contributed by atoms with E-state index in [9.17, 15) is 4.79 Å². The molecule has 1 fully saturated rings. The Kier molecular flexibility index (Phi) is 3.26. The van der Waals surface area contributed by atoms with Gasteiger partial charge in [-0.3, -0.25) is 4.79 Å². The third kappa shape index (κ3) is 2.12. The molecule has 2 aliphatic carbocycles. The summed E-state index contributed by atoms with van der Waals surface area (Å²) in [6, 6.07) is 2.06. The Balaban J connectivity index is 1.70. The van der Waals surface area contributed by atoms with Crippen molar-refractivity contribution in [2.75, 3.05) is 0 Å². The molecule has 124 valence electrons. The average molecular weight is 314 g/mol. The second-order valence-electron chi connectivity index (χ2n) is 8.21. The van der Waals surface area contributed by atoms with E-state index in [1.54, 1.807) is 6.26 Å². The minimum Gasteiger partial charge on any atom is -0.472 e. The highest BCUT2D eigenvalue weighted by Gasteiger charge is 2.56. The van der Waals surface area contributed by atoms with Gasteiger partial charge in [-0.15, -0.1) is 0 Å². The molecule has 0 aromatic carbocycles. The first-order chi connectivity index (χ1) is 10.9. The van der Waals surface area contributed by atoms with Crippen LogP contribution in [0.3, 0.4) is 0 Å². The van der Waals surface area contributed by atoms with Crippen molar-refractivity contribution in [2.24, 2.45) is 16.7 Å². The minimum absolute atomic E-state index is 0.0132. The van der Waals surface area contributed by atoms with E-state index in [2.05, 4.69) is 26.8 Å². The molecule has 4 rings (SSSR count). The maximum Gasteiger partial charge on any atom is 0.316 e. The van der Waals surface area contributed by atoms with Crippen LogP contribution in [0.4, 0.5) is 0 Å². The van der Waals surface area contributed by atoms with Gasteiger partial charge < -0.3 is 9.15 Å². The summed E-state index contributed by atoms with van der Waals surface area (Å²) in [5.41, 5.74) is 4.02. The highest BCUT2D eigenvalue weighted by atomic mass is 16.6. The zero-order chi connectivity index (χ0) is 16.2. The number of esters is 1. The van der Waals surface area contributed by atoms with Crippen LogP contribution in [0.1, 0.15) is 58.4 Å². The van der Waals surface area contributed by atoms with Gasteiger partial charge in [0.25, 0.3) is 0 Å². The highest BCUT2D eigenvalue weighted by Crippen LogP contribution is 2.59. The van der Waals surface area contributed by atoms with Gasteiger partial charge in [-0.2, -0.15) is 0 Å². The van der Waals surface area contributed by atoms with E-state index in [-0.39, 0.29) is 22.9 Å². The Labute approximate surface area is 138 Å². The standard InChI is InChI=1S/C20H26O3/c1-13-4-5-16-17(10-15-11-20(16,3)18(21)23-15)19(13,2)8-6-14-7-9-22-12-14/h7,9,12-13,15H,4-6,8,10-11H2,1-3H3/t13-,15+,19+,20+/m1/s1. The van der Waals surface area contributed by atoms with Gasteiger partial charge in [0.15, 0.2) is 0 Å². The third-order valence-electron chi connectivity index (χ3n) is 6.94. The summed E-state index contributed by atoms with van der Waals surface area (Å²) >= 11 is 0. The summed E-state index contributed by atoms with van der Waals surface area (Å²) in [5.74, 6) is 0.656. The summed E-state index contributed by atoms with van der Waals surface area (Å²) in [7, 11) is 0. The van der Waals surface area contributed by atoms with Crippen molar-refractivity contribution in [1.82, 2.24) is 0 Å². The van der Waals surface area contributed by atoms with Crippen LogP contribution in [0.2, 0.25) is 0 Å². The van der Waals surface area contributed by atoms with Crippen molar-refractivity contribution in [3.8, 4) is 0 Å². The fourth-order valence-corrected chi connectivity index (χ4v) is 5.12. The number of hydrogen-bond donors (Lipinski definition) is 0. The molecule has 1 aromatic rings. The normalized spacial score (nSPS) is 39.3. The predicted molar refractivity (Wildman–Crippen MR) is 87.8 cm³/mol. The monoisotopic (exact) mass is 314 g/mol. The van der Waals surface area contributed by atoms with Crippen LogP contribution in [0.25, 0.3) is 0 Å². The Morgan fingerprint density at radius 3 is 2.87 bits per heavy atom. The summed E-state index contributed by atoms with van der Waals surface area (Å²) in [5, 5.41) is 0. The quantitative estimate of drug-likeness (QED) is 0.601. The largest absolute Gasteiger partial charge is 0.472 e. The molecular formula is C20H26O3. The molecule has 3 aliphatic rings. The van der Waals surface area contributed by atoms with E-state index in [1.807, 2.05) is 6.26 Å². The molecule has 0 saturated carbocycles. The van der Waals surface area contributed by atoms with Crippen molar-refractivity contribution in [3.63, 3.8) is 0 Å². The maximum absolute atomic E-state index is 12.4. The lowest BCUT2D eigenvalue weighted by molar-refractivity contribution is -0.146. The molecule has 0 unspecified atom stereocenters. The first kappa shape index (κ1) is 15.0. The number of aryl methyl sites for hydroxylation is 1. The highest BCUT2D eigenvalue weighted by molar-refractivity contribution is 5.83. The Hall–Kier alpha value is -1.51. The molecule has 0 spiro atoms. The van der Waals surface area contributed by atoms with Gasteiger partial charge in [0.05, 0.1) is 17.9 Å². The van der Waals surface area contributed by atoms with Crippen LogP contribution in [0, 0.1) is 16.7 Å². The minimum atomic E-state index is -0.352. The molecule has 3 nitrogen and oxygen atoms in total. The average Bonchev–Trinajstić information content (AvgIpc) is 3.10. The number of carbonyl (C=O) groups is 1. The zero-order valence-electron chi connectivity index (χ0n) is 14.4. The number of hydrogen-bond acceptors (Lipinski definition) is 3. The van der Waals surface area contributed by atoms with Gasteiger partial charge in [0.1, 0.15) is 6.10 Å². The number of furan rings is 1. The second-order valence-corrected chi connectivity index (χ2v) is 8.21. The fraction of sp³-hybridized carbons (Fsp3) is 0.650. The van der Waals surface area contributed by atoms with Crippen molar-refractivity contribution < 1.29 is 13.9 Å². The molecule has 23 heavy (non-hydrogen) atoms. The van der Waals surface area contributed by atoms with Crippen LogP contribution in [0.15, 0.2) is 34.2 Å². The van der Waals surface area contributed by atoms with E-state index in [0.29, 0.717) is 5.92 Å². The van der Waals surface area contributed by atoms with Gasteiger partial charge >= 0.3 is 5.97 Å². The van der Waals surface area contributed by atoms with Crippen LogP contribution in [0.5, 0.6) is 0 Å². The SMILES string of the molecule is C[C@@H]1CCC2=C(C[C@H]3C[C@]2(C)C(=O)O3)[C@@]1(C)CCc1ccoc1. The van der Waals surface area contributed by atoms with Crippen LogP contribution in [-0.4, -0.2) is 12.1 Å². The van der Waals surface area contributed by atoms with Crippen LogP contribution in [-0.2, 0) is 16.0 Å². The van der Waals surface area contributed by atoms with E-state index in [1.165, 1.54) is 23.1 Å². The summed E-state index contributed by atoms with van der Waals surface area (Å²) in [6.07, 6.45) is 9.92. The van der Waals surface area contributed by atoms with Gasteiger partial charge in [0.2, 0.25) is 0 Å². The summed E-state index contributed by atoms with van der Waals surface area (Å²) < 4.78 is 10.9. The lowest BCUT2D eigenvalue weighted by Crippen LogP contribution is -2.40. The van der Waals surface area contributed by atoms with E-state index < -0.39 is 0 Å². The molecule has 1 aliphatic heterocycles. The van der Waals surface area contributed by atoms with Gasteiger partial charge in [-0.05, 0) is 55.6 Å². The second kappa shape index (κ2) is 4.99. The molecule has 2 bridgehead atoms. The Bertz CT molecular complexity index is 656. The van der Waals surface area contributed by atoms with E-state index >= 15 is 0 Å². The molecule has 4 atom stereocenters. The Morgan fingerprint density at radius 1 is 1.30 bits per heavy atom. The summed E-state index contributed by atoms with van der Waals surface area (Å²) in [6.45, 7) is 6.89. The number of rotatable bonds is 3. The molecule has 3 heteroatoms. The topological polar surface area (TPSA) is 39.4 Å². The lowest BCUT2D eigenvalue weighted by Gasteiger charge is -2.48. The molecule has 0 N–H and O–H groups in total. The van der Waals surface area contributed by atoms with Crippen molar-refractivity contribution >= 4 is 5.97 Å². The number of ether oxygens (including phenoxy) is 1. The first-order valence-electron chi connectivity index (χ1n) is 8.88. The lowest BCUT2D eigenvalue weighted by atomic mass is 9.55. The van der Waals surface area contributed by atoms with Gasteiger partial charge in [-0.1, -0.05) is 25.0 Å². The molecule has 0 radical (unpaired) electrons. The van der Waals surface area contributed by atoms with Gasteiger partial charge in [0, 0.05) is 12.8 Å². The smallest absolute Gasteiger partial charge is 0.316 e. The third-order valence-corrected chi connectivity index (χ3v) is 6.94. The van der Waals surface area contributed by atoms with Crippen molar-refractivity contribution in [2.45, 2.75) is 65.4 Å². The molecule has 0 amide bonds. The Morgan fingerprint density at radius 2 is 2.13 bits per heavy atom. The fourth-order valence-electron chi connectivity index (χ4n) is 5.12. The molecule has 2 heterocycles. The summed E-state index contributed by atoms with van der Waals surface area (Å²) in [4.78, 5) is 12.4. The van der Waals surface area contributed by atoms with Crippen molar-refractivity contribution in [1.29, 1.82) is 0 Å². The van der Waals surface area contributed by atoms with Gasteiger partial charge in [-0.25, -0.2) is 0 Å². The number of carbonyl (C=O) groups excluding carboxylic acids is 1. The zero-order valence-corrected chi connectivity index (χ0v) is 14.4. The number of fused-ring (bicyclic) bond motifs is 3. The van der Waals surface area contributed by atoms with E-state index in [4.69, 9.17) is 9.15 Å². The van der Waals surface area contributed by atoms with Crippen molar-refractivity contribution in [3.05, 3.63) is 35.3 Å².